The molecular formula is C16H27N3O2. The highest BCUT2D eigenvalue weighted by Gasteiger charge is 2.17. The van der Waals surface area contributed by atoms with E-state index in [-0.39, 0.29) is 11.2 Å². The van der Waals surface area contributed by atoms with Gasteiger partial charge in [-0.05, 0) is 12.5 Å². The van der Waals surface area contributed by atoms with Crippen molar-refractivity contribution in [3.63, 3.8) is 0 Å². The maximum absolute atomic E-state index is 11.7. The summed E-state index contributed by atoms with van der Waals surface area (Å²) < 4.78 is 2.02. The Balaban J connectivity index is 2.11. The third-order valence-corrected chi connectivity index (χ3v) is 4.06. The first-order valence-electron chi connectivity index (χ1n) is 7.86. The summed E-state index contributed by atoms with van der Waals surface area (Å²) in [5, 5.41) is 9.66. The predicted octanol–water partition coefficient (Wildman–Crippen LogP) is 1.35. The van der Waals surface area contributed by atoms with Crippen molar-refractivity contribution in [3.8, 4) is 5.75 Å². The van der Waals surface area contributed by atoms with Crippen molar-refractivity contribution in [2.24, 2.45) is 5.92 Å². The molecule has 0 radical (unpaired) electrons. The predicted molar refractivity (Wildman–Crippen MR) is 84.6 cm³/mol. The highest BCUT2D eigenvalue weighted by atomic mass is 16.3. The number of rotatable bonds is 5. The Labute approximate surface area is 126 Å². The molecular weight excluding hydrogens is 266 g/mol. The smallest absolute Gasteiger partial charge is 0.223 e. The minimum Gasteiger partial charge on any atom is -0.503 e. The molecule has 1 aromatic rings. The first-order chi connectivity index (χ1) is 9.99. The van der Waals surface area contributed by atoms with Crippen LogP contribution < -0.4 is 5.43 Å². The van der Waals surface area contributed by atoms with Gasteiger partial charge in [-0.25, -0.2) is 0 Å². The number of hydrogen-bond donors (Lipinski definition) is 1. The van der Waals surface area contributed by atoms with Crippen LogP contribution in [-0.4, -0.2) is 52.2 Å². The van der Waals surface area contributed by atoms with Gasteiger partial charge in [0.05, 0.1) is 6.20 Å². The lowest BCUT2D eigenvalue weighted by atomic mass is 10.2. The van der Waals surface area contributed by atoms with Crippen molar-refractivity contribution in [1.82, 2.24) is 14.4 Å². The summed E-state index contributed by atoms with van der Waals surface area (Å²) in [4.78, 5) is 16.6. The van der Waals surface area contributed by atoms with Gasteiger partial charge in [-0.1, -0.05) is 20.8 Å². The molecule has 0 saturated carbocycles. The summed E-state index contributed by atoms with van der Waals surface area (Å²) in [7, 11) is 0. The molecule has 0 amide bonds. The van der Waals surface area contributed by atoms with Gasteiger partial charge >= 0.3 is 0 Å². The molecule has 2 rings (SSSR count). The molecule has 118 valence electrons. The minimum absolute atomic E-state index is 0.157. The van der Waals surface area contributed by atoms with Gasteiger partial charge in [0.15, 0.2) is 5.75 Å². The average Bonchev–Trinajstić information content (AvgIpc) is 2.44. The van der Waals surface area contributed by atoms with Crippen LogP contribution in [0.15, 0.2) is 17.1 Å². The number of hydrogen-bond acceptors (Lipinski definition) is 4. The summed E-state index contributed by atoms with van der Waals surface area (Å²) in [6.45, 7) is 13.4. The van der Waals surface area contributed by atoms with Crippen molar-refractivity contribution >= 4 is 0 Å². The number of nitrogens with zero attached hydrogens (tertiary/aromatic N) is 3. The zero-order valence-electron chi connectivity index (χ0n) is 13.4. The van der Waals surface area contributed by atoms with E-state index in [1.165, 1.54) is 0 Å². The summed E-state index contributed by atoms with van der Waals surface area (Å²) >= 11 is 0. The Morgan fingerprint density at radius 3 is 2.38 bits per heavy atom. The van der Waals surface area contributed by atoms with Gasteiger partial charge < -0.3 is 14.6 Å². The fourth-order valence-corrected chi connectivity index (χ4v) is 2.79. The van der Waals surface area contributed by atoms with Crippen LogP contribution in [0.2, 0.25) is 0 Å². The zero-order valence-corrected chi connectivity index (χ0v) is 13.4. The van der Waals surface area contributed by atoms with Crippen LogP contribution in [0.5, 0.6) is 5.75 Å². The number of piperazine rings is 1. The van der Waals surface area contributed by atoms with E-state index in [9.17, 15) is 9.90 Å². The fourth-order valence-electron chi connectivity index (χ4n) is 2.79. The van der Waals surface area contributed by atoms with Crippen molar-refractivity contribution in [1.29, 1.82) is 0 Å². The molecule has 0 atom stereocenters. The molecule has 5 heteroatoms. The van der Waals surface area contributed by atoms with E-state index in [2.05, 4.69) is 30.6 Å². The average molecular weight is 293 g/mol. The third kappa shape index (κ3) is 4.32. The molecule has 5 nitrogen and oxygen atoms in total. The molecule has 1 fully saturated rings. The highest BCUT2D eigenvalue weighted by Crippen LogP contribution is 2.12. The lowest BCUT2D eigenvalue weighted by Gasteiger charge is -2.34. The Morgan fingerprint density at radius 2 is 1.81 bits per heavy atom. The van der Waals surface area contributed by atoms with Gasteiger partial charge in [-0.15, -0.1) is 0 Å². The topological polar surface area (TPSA) is 48.7 Å². The number of likely N-dealkylation sites (N-methyl/N-ethyl adjacent to an activating group) is 1. The van der Waals surface area contributed by atoms with Gasteiger partial charge in [-0.3, -0.25) is 9.69 Å². The molecule has 2 heterocycles. The van der Waals surface area contributed by atoms with Crippen LogP contribution in [0.3, 0.4) is 0 Å². The minimum atomic E-state index is -0.280. The molecule has 1 aliphatic rings. The van der Waals surface area contributed by atoms with Gasteiger partial charge in [-0.2, -0.15) is 0 Å². The van der Waals surface area contributed by atoms with Crippen molar-refractivity contribution in [2.75, 3.05) is 32.7 Å². The molecule has 0 aromatic carbocycles. The summed E-state index contributed by atoms with van der Waals surface area (Å²) in [6, 6.07) is 1.59. The van der Waals surface area contributed by atoms with E-state index < -0.39 is 0 Å². The van der Waals surface area contributed by atoms with Crippen LogP contribution in [-0.2, 0) is 13.1 Å². The summed E-state index contributed by atoms with van der Waals surface area (Å²) in [6.07, 6.45) is 1.58. The lowest BCUT2D eigenvalue weighted by Crippen LogP contribution is -2.46. The van der Waals surface area contributed by atoms with Crippen LogP contribution in [0.25, 0.3) is 0 Å². The molecule has 0 spiro atoms. The Hall–Kier alpha value is -1.33. The Bertz CT molecular complexity index is 517. The Kier molecular flexibility index (Phi) is 5.42. The first kappa shape index (κ1) is 16.0. The normalized spacial score (nSPS) is 17.5. The van der Waals surface area contributed by atoms with E-state index in [4.69, 9.17) is 0 Å². The SMILES string of the molecule is CCN1CCN(Cc2cc(=O)c(O)cn2CC(C)C)CC1. The first-order valence-corrected chi connectivity index (χ1v) is 7.86. The lowest BCUT2D eigenvalue weighted by molar-refractivity contribution is 0.129. The van der Waals surface area contributed by atoms with Crippen molar-refractivity contribution < 1.29 is 5.11 Å². The summed E-state index contributed by atoms with van der Waals surface area (Å²) in [5.41, 5.74) is 0.716. The van der Waals surface area contributed by atoms with Crippen LogP contribution in [0.4, 0.5) is 0 Å². The van der Waals surface area contributed by atoms with E-state index in [0.29, 0.717) is 5.92 Å². The van der Waals surface area contributed by atoms with E-state index in [1.807, 2.05) is 4.57 Å². The van der Waals surface area contributed by atoms with Crippen LogP contribution in [0, 0.1) is 5.92 Å². The van der Waals surface area contributed by atoms with Gasteiger partial charge in [0.25, 0.3) is 0 Å². The van der Waals surface area contributed by atoms with E-state index >= 15 is 0 Å². The summed E-state index contributed by atoms with van der Waals surface area (Å²) in [5.74, 6) is 0.317. The van der Waals surface area contributed by atoms with Crippen LogP contribution in [0.1, 0.15) is 26.5 Å². The molecule has 0 bridgehead atoms. The Morgan fingerprint density at radius 1 is 1.19 bits per heavy atom. The second-order valence-electron chi connectivity index (χ2n) is 6.27. The van der Waals surface area contributed by atoms with E-state index in [1.54, 1.807) is 12.3 Å². The number of aromatic nitrogens is 1. The molecule has 0 unspecified atom stereocenters. The van der Waals surface area contributed by atoms with Gasteiger partial charge in [0.1, 0.15) is 0 Å². The van der Waals surface area contributed by atoms with Crippen molar-refractivity contribution in [2.45, 2.75) is 33.9 Å². The monoisotopic (exact) mass is 293 g/mol. The number of aromatic hydroxyl groups is 1. The second-order valence-corrected chi connectivity index (χ2v) is 6.27. The number of pyridine rings is 1. The fraction of sp³-hybridized carbons (Fsp3) is 0.688. The quantitative estimate of drug-likeness (QED) is 0.890. The maximum Gasteiger partial charge on any atom is 0.223 e. The molecule has 1 saturated heterocycles. The third-order valence-electron chi connectivity index (χ3n) is 4.06. The standard InChI is InChI=1S/C16H27N3O2/c1-4-17-5-7-18(8-6-17)11-14-9-15(20)16(21)12-19(14)10-13(2)3/h9,12-13,21H,4-8,10-11H2,1-3H3. The molecule has 1 aliphatic heterocycles. The maximum atomic E-state index is 11.7. The zero-order chi connectivity index (χ0) is 15.4. The molecule has 1 aromatic heterocycles. The van der Waals surface area contributed by atoms with Crippen molar-refractivity contribution in [3.05, 3.63) is 28.2 Å². The van der Waals surface area contributed by atoms with Gasteiger partial charge in [0, 0.05) is 51.0 Å². The van der Waals surface area contributed by atoms with E-state index in [0.717, 1.165) is 51.5 Å². The largest absolute Gasteiger partial charge is 0.503 e. The molecule has 0 aliphatic carbocycles. The van der Waals surface area contributed by atoms with Crippen LogP contribution >= 0.6 is 0 Å². The molecule has 1 N–H and O–H groups in total. The second kappa shape index (κ2) is 7.09. The molecule has 21 heavy (non-hydrogen) atoms. The highest BCUT2D eigenvalue weighted by molar-refractivity contribution is 5.20. The van der Waals surface area contributed by atoms with Gasteiger partial charge in [0.2, 0.25) is 5.43 Å².